The Labute approximate surface area is 126 Å². The zero-order valence-electron chi connectivity index (χ0n) is 11.3. The van der Waals surface area contributed by atoms with Gasteiger partial charge in [-0.2, -0.15) is 0 Å². The van der Waals surface area contributed by atoms with E-state index in [1.165, 1.54) is 0 Å². The Morgan fingerprint density at radius 2 is 2.00 bits per heavy atom. The van der Waals surface area contributed by atoms with Crippen LogP contribution in [0.5, 0.6) is 0 Å². The first-order valence-corrected chi connectivity index (χ1v) is 7.07. The molecule has 1 rings (SSSR count). The van der Waals surface area contributed by atoms with Crippen molar-refractivity contribution >= 4 is 27.8 Å². The van der Waals surface area contributed by atoms with Crippen molar-refractivity contribution in [1.82, 2.24) is 5.32 Å². The molecule has 5 nitrogen and oxygen atoms in total. The van der Waals surface area contributed by atoms with Crippen molar-refractivity contribution in [3.63, 3.8) is 0 Å². The molecule has 0 saturated carbocycles. The maximum atomic E-state index is 11.8. The number of carbonyl (C=O) groups is 2. The fourth-order valence-electron chi connectivity index (χ4n) is 1.72. The predicted molar refractivity (Wildman–Crippen MR) is 78.5 cm³/mol. The van der Waals surface area contributed by atoms with Gasteiger partial charge >= 0.3 is 5.97 Å². The number of hydrogen-bond donors (Lipinski definition) is 2. The third-order valence-corrected chi connectivity index (χ3v) is 3.28. The molecule has 2 N–H and O–H groups in total. The van der Waals surface area contributed by atoms with Crippen LogP contribution in [0.1, 0.15) is 18.4 Å². The predicted octanol–water partition coefficient (Wildman–Crippen LogP) is 1.99. The number of benzene rings is 1. The first kappa shape index (κ1) is 16.7. The Kier molecular flexibility index (Phi) is 7.25. The van der Waals surface area contributed by atoms with Gasteiger partial charge in [0.05, 0.1) is 6.42 Å². The number of aliphatic carboxylic acids is 1. The lowest BCUT2D eigenvalue weighted by Gasteiger charge is -2.14. The van der Waals surface area contributed by atoms with E-state index in [4.69, 9.17) is 9.84 Å². The maximum Gasteiger partial charge on any atom is 0.326 e. The van der Waals surface area contributed by atoms with Crippen molar-refractivity contribution < 1.29 is 19.4 Å². The smallest absolute Gasteiger partial charge is 0.326 e. The van der Waals surface area contributed by atoms with Gasteiger partial charge in [-0.15, -0.1) is 0 Å². The quantitative estimate of drug-likeness (QED) is 0.707. The highest BCUT2D eigenvalue weighted by molar-refractivity contribution is 9.10. The van der Waals surface area contributed by atoms with Crippen molar-refractivity contribution in [2.75, 3.05) is 13.7 Å². The molecule has 0 aliphatic heterocycles. The monoisotopic (exact) mass is 343 g/mol. The highest BCUT2D eigenvalue weighted by Gasteiger charge is 2.19. The molecule has 6 heteroatoms. The van der Waals surface area contributed by atoms with Gasteiger partial charge in [0.15, 0.2) is 0 Å². The summed E-state index contributed by atoms with van der Waals surface area (Å²) in [4.78, 5) is 22.9. The maximum absolute atomic E-state index is 11.8. The SMILES string of the molecule is COCCCC(NC(=O)Cc1ccc(Br)cc1)C(=O)O. The number of carboxylic acids is 1. The fraction of sp³-hybridized carbons (Fsp3) is 0.429. The van der Waals surface area contributed by atoms with Crippen molar-refractivity contribution in [3.05, 3.63) is 34.3 Å². The number of amides is 1. The standard InChI is InChI=1S/C14H18BrNO4/c1-20-8-2-3-12(14(18)19)16-13(17)9-10-4-6-11(15)7-5-10/h4-7,12H,2-3,8-9H2,1H3,(H,16,17)(H,18,19). The van der Waals surface area contributed by atoms with Gasteiger partial charge in [0, 0.05) is 18.2 Å². The summed E-state index contributed by atoms with van der Waals surface area (Å²) >= 11 is 3.32. The number of ether oxygens (including phenoxy) is 1. The first-order chi connectivity index (χ1) is 9.52. The van der Waals surface area contributed by atoms with E-state index in [0.717, 1.165) is 10.0 Å². The van der Waals surface area contributed by atoms with E-state index in [-0.39, 0.29) is 12.3 Å². The van der Waals surface area contributed by atoms with Crippen LogP contribution in [0.3, 0.4) is 0 Å². The Bertz CT molecular complexity index is 447. The molecule has 1 aromatic carbocycles. The third-order valence-electron chi connectivity index (χ3n) is 2.75. The molecule has 0 heterocycles. The van der Waals surface area contributed by atoms with Crippen LogP contribution >= 0.6 is 15.9 Å². The Balaban J connectivity index is 2.48. The third kappa shape index (κ3) is 6.16. The van der Waals surface area contributed by atoms with E-state index in [1.807, 2.05) is 24.3 Å². The molecule has 1 aromatic rings. The lowest BCUT2D eigenvalue weighted by molar-refractivity contribution is -0.142. The normalized spacial score (nSPS) is 11.9. The number of halogens is 1. The second-order valence-corrected chi connectivity index (χ2v) is 5.31. The zero-order chi connectivity index (χ0) is 15.0. The van der Waals surface area contributed by atoms with Crippen molar-refractivity contribution in [1.29, 1.82) is 0 Å². The molecule has 1 amide bonds. The van der Waals surface area contributed by atoms with Crippen molar-refractivity contribution in [2.45, 2.75) is 25.3 Å². The van der Waals surface area contributed by atoms with Crippen LogP contribution in [0, 0.1) is 0 Å². The first-order valence-electron chi connectivity index (χ1n) is 6.28. The van der Waals surface area contributed by atoms with E-state index in [0.29, 0.717) is 19.4 Å². The number of rotatable bonds is 8. The zero-order valence-corrected chi connectivity index (χ0v) is 12.9. The summed E-state index contributed by atoms with van der Waals surface area (Å²) in [5, 5.41) is 11.6. The van der Waals surface area contributed by atoms with Crippen LogP contribution in [0.15, 0.2) is 28.7 Å². The van der Waals surface area contributed by atoms with Crippen molar-refractivity contribution in [3.8, 4) is 0 Å². The molecule has 0 aliphatic rings. The minimum Gasteiger partial charge on any atom is -0.480 e. The second kappa shape index (κ2) is 8.71. The van der Waals surface area contributed by atoms with Crippen LogP contribution in [0.2, 0.25) is 0 Å². The van der Waals surface area contributed by atoms with E-state index in [2.05, 4.69) is 21.2 Å². The van der Waals surface area contributed by atoms with Crippen LogP contribution in [-0.2, 0) is 20.7 Å². The summed E-state index contributed by atoms with van der Waals surface area (Å²) in [6.45, 7) is 0.479. The minimum absolute atomic E-state index is 0.168. The number of carboxylic acid groups (broad SMARTS) is 1. The van der Waals surface area contributed by atoms with Crippen LogP contribution in [-0.4, -0.2) is 36.7 Å². The highest BCUT2D eigenvalue weighted by atomic mass is 79.9. The Morgan fingerprint density at radius 1 is 1.35 bits per heavy atom. The van der Waals surface area contributed by atoms with Gasteiger partial charge in [-0.25, -0.2) is 4.79 Å². The number of methoxy groups -OCH3 is 1. The molecular weight excluding hydrogens is 326 g/mol. The minimum atomic E-state index is -1.02. The molecule has 0 radical (unpaired) electrons. The van der Waals surface area contributed by atoms with Crippen LogP contribution < -0.4 is 5.32 Å². The average Bonchev–Trinajstić information content (AvgIpc) is 2.40. The van der Waals surface area contributed by atoms with E-state index in [1.54, 1.807) is 7.11 Å². The van der Waals surface area contributed by atoms with Gasteiger partial charge in [-0.3, -0.25) is 4.79 Å². The van der Waals surface area contributed by atoms with Gasteiger partial charge in [-0.05, 0) is 30.5 Å². The average molecular weight is 344 g/mol. The second-order valence-electron chi connectivity index (χ2n) is 4.40. The summed E-state index contributed by atoms with van der Waals surface area (Å²) in [5.74, 6) is -1.32. The molecular formula is C14H18BrNO4. The van der Waals surface area contributed by atoms with Crippen LogP contribution in [0.4, 0.5) is 0 Å². The largest absolute Gasteiger partial charge is 0.480 e. The molecule has 110 valence electrons. The lowest BCUT2D eigenvalue weighted by atomic mass is 10.1. The molecule has 0 saturated heterocycles. The molecule has 0 bridgehead atoms. The molecule has 1 atom stereocenters. The van der Waals surface area contributed by atoms with Gasteiger partial charge in [0.2, 0.25) is 5.91 Å². The molecule has 0 fully saturated rings. The fourth-order valence-corrected chi connectivity index (χ4v) is 1.99. The number of carbonyl (C=O) groups excluding carboxylic acids is 1. The van der Waals surface area contributed by atoms with Crippen molar-refractivity contribution in [2.24, 2.45) is 0 Å². The van der Waals surface area contributed by atoms with Gasteiger partial charge in [0.25, 0.3) is 0 Å². The highest BCUT2D eigenvalue weighted by Crippen LogP contribution is 2.11. The van der Waals surface area contributed by atoms with E-state index < -0.39 is 12.0 Å². The van der Waals surface area contributed by atoms with E-state index in [9.17, 15) is 9.59 Å². The summed E-state index contributed by atoms with van der Waals surface area (Å²) in [6.07, 6.45) is 1.11. The van der Waals surface area contributed by atoms with Gasteiger partial charge in [0.1, 0.15) is 6.04 Å². The van der Waals surface area contributed by atoms with Gasteiger partial charge < -0.3 is 15.2 Å². The Morgan fingerprint density at radius 3 is 2.55 bits per heavy atom. The Hall–Kier alpha value is -1.40. The number of nitrogens with one attached hydrogen (secondary N) is 1. The van der Waals surface area contributed by atoms with E-state index >= 15 is 0 Å². The molecule has 0 aliphatic carbocycles. The molecule has 20 heavy (non-hydrogen) atoms. The number of hydrogen-bond acceptors (Lipinski definition) is 3. The summed E-state index contributed by atoms with van der Waals surface area (Å²) in [5.41, 5.74) is 0.840. The molecule has 1 unspecified atom stereocenters. The van der Waals surface area contributed by atoms with Crippen LogP contribution in [0.25, 0.3) is 0 Å². The topological polar surface area (TPSA) is 75.6 Å². The lowest BCUT2D eigenvalue weighted by Crippen LogP contribution is -2.41. The molecule has 0 spiro atoms. The van der Waals surface area contributed by atoms with Gasteiger partial charge in [-0.1, -0.05) is 28.1 Å². The summed E-state index contributed by atoms with van der Waals surface area (Å²) in [7, 11) is 1.56. The molecule has 0 aromatic heterocycles. The summed E-state index contributed by atoms with van der Waals surface area (Å²) in [6, 6.07) is 6.47. The summed E-state index contributed by atoms with van der Waals surface area (Å²) < 4.78 is 5.81.